The maximum atomic E-state index is 5.63. The summed E-state index contributed by atoms with van der Waals surface area (Å²) in [5.41, 5.74) is 3.52. The van der Waals surface area contributed by atoms with Crippen molar-refractivity contribution in [2.45, 2.75) is 65.4 Å². The summed E-state index contributed by atoms with van der Waals surface area (Å²) in [4.78, 5) is 5.63. The van der Waals surface area contributed by atoms with Crippen LogP contribution in [0.1, 0.15) is 59.3 Å². The lowest BCUT2D eigenvalue weighted by Crippen LogP contribution is -2.28. The molecule has 0 atom stereocenters. The Kier molecular flexibility index (Phi) is 4.90. The zero-order chi connectivity index (χ0) is 10.4. The van der Waals surface area contributed by atoms with Crippen molar-refractivity contribution in [2.75, 3.05) is 6.54 Å². The summed E-state index contributed by atoms with van der Waals surface area (Å²) in [5.74, 6) is 0. The highest BCUT2D eigenvalue weighted by molar-refractivity contribution is 4.65. The van der Waals surface area contributed by atoms with E-state index in [1.807, 2.05) is 0 Å². The molecule has 84 valence electrons. The standard InChI is InChI=1S/C12H25NO/c1-12(2,3)9-10-13-14-11-7-5-4-6-8-11/h11,13H,4-10H2,1-3H3. The Morgan fingerprint density at radius 2 is 1.79 bits per heavy atom. The molecule has 0 unspecified atom stereocenters. The first-order chi connectivity index (χ1) is 6.58. The number of hydroxylamine groups is 1. The first kappa shape index (κ1) is 12.0. The molecule has 0 amide bonds. The molecule has 0 saturated heterocycles. The van der Waals surface area contributed by atoms with Gasteiger partial charge in [0.15, 0.2) is 0 Å². The molecule has 1 N–H and O–H groups in total. The monoisotopic (exact) mass is 199 g/mol. The van der Waals surface area contributed by atoms with Gasteiger partial charge in [0.2, 0.25) is 0 Å². The third-order valence-corrected chi connectivity index (χ3v) is 2.78. The van der Waals surface area contributed by atoms with E-state index in [9.17, 15) is 0 Å². The third kappa shape index (κ3) is 5.61. The summed E-state index contributed by atoms with van der Waals surface area (Å²) in [6.45, 7) is 7.75. The number of rotatable bonds is 4. The summed E-state index contributed by atoms with van der Waals surface area (Å²) in [7, 11) is 0. The van der Waals surface area contributed by atoms with Gasteiger partial charge in [0.1, 0.15) is 0 Å². The van der Waals surface area contributed by atoms with E-state index in [4.69, 9.17) is 4.84 Å². The molecule has 1 fully saturated rings. The van der Waals surface area contributed by atoms with Gasteiger partial charge in [-0.05, 0) is 24.7 Å². The highest BCUT2D eigenvalue weighted by atomic mass is 16.7. The van der Waals surface area contributed by atoms with Gasteiger partial charge in [-0.15, -0.1) is 0 Å². The van der Waals surface area contributed by atoms with Crippen LogP contribution in [0.5, 0.6) is 0 Å². The van der Waals surface area contributed by atoms with Gasteiger partial charge in [0.05, 0.1) is 6.10 Å². The van der Waals surface area contributed by atoms with Crippen LogP contribution >= 0.6 is 0 Å². The third-order valence-electron chi connectivity index (χ3n) is 2.78. The van der Waals surface area contributed by atoms with Crippen molar-refractivity contribution in [2.24, 2.45) is 5.41 Å². The van der Waals surface area contributed by atoms with Gasteiger partial charge in [0, 0.05) is 6.54 Å². The number of hydrogen-bond acceptors (Lipinski definition) is 2. The molecule has 0 aliphatic heterocycles. The van der Waals surface area contributed by atoms with E-state index in [-0.39, 0.29) is 0 Å². The van der Waals surface area contributed by atoms with Crippen LogP contribution in [0.4, 0.5) is 0 Å². The zero-order valence-electron chi connectivity index (χ0n) is 9.94. The predicted octanol–water partition coefficient (Wildman–Crippen LogP) is 3.28. The maximum Gasteiger partial charge on any atom is 0.0790 e. The molecule has 0 bridgehead atoms. The van der Waals surface area contributed by atoms with E-state index in [1.165, 1.54) is 38.5 Å². The lowest BCUT2D eigenvalue weighted by Gasteiger charge is -2.23. The SMILES string of the molecule is CC(C)(C)CCNOC1CCCCC1. The molecule has 0 aromatic heterocycles. The molecule has 14 heavy (non-hydrogen) atoms. The van der Waals surface area contributed by atoms with Crippen molar-refractivity contribution in [1.82, 2.24) is 5.48 Å². The highest BCUT2D eigenvalue weighted by Gasteiger charge is 2.14. The van der Waals surface area contributed by atoms with Gasteiger partial charge < -0.3 is 0 Å². The molecule has 1 saturated carbocycles. The molecule has 1 aliphatic rings. The maximum absolute atomic E-state index is 5.63. The van der Waals surface area contributed by atoms with Crippen molar-refractivity contribution in [3.8, 4) is 0 Å². The summed E-state index contributed by atoms with van der Waals surface area (Å²) in [6.07, 6.45) is 8.19. The molecular weight excluding hydrogens is 174 g/mol. The fourth-order valence-electron chi connectivity index (χ4n) is 1.79. The highest BCUT2D eigenvalue weighted by Crippen LogP contribution is 2.20. The first-order valence-corrected chi connectivity index (χ1v) is 5.96. The molecule has 0 spiro atoms. The van der Waals surface area contributed by atoms with Gasteiger partial charge in [-0.2, -0.15) is 0 Å². The van der Waals surface area contributed by atoms with Gasteiger partial charge in [-0.3, -0.25) is 4.84 Å². The Bertz CT molecular complexity index is 145. The quantitative estimate of drug-likeness (QED) is 0.554. The number of nitrogens with one attached hydrogen (secondary N) is 1. The minimum Gasteiger partial charge on any atom is -0.299 e. The summed E-state index contributed by atoms with van der Waals surface area (Å²) in [6, 6.07) is 0. The van der Waals surface area contributed by atoms with E-state index in [0.29, 0.717) is 11.5 Å². The number of hydrogen-bond donors (Lipinski definition) is 1. The summed E-state index contributed by atoms with van der Waals surface area (Å²) in [5, 5.41) is 0. The van der Waals surface area contributed by atoms with Crippen molar-refractivity contribution in [1.29, 1.82) is 0 Å². The second kappa shape index (κ2) is 5.72. The predicted molar refractivity (Wildman–Crippen MR) is 60.0 cm³/mol. The molecule has 1 rings (SSSR count). The fourth-order valence-corrected chi connectivity index (χ4v) is 1.79. The van der Waals surface area contributed by atoms with Crippen LogP contribution in [-0.2, 0) is 4.84 Å². The fraction of sp³-hybridized carbons (Fsp3) is 1.00. The molecule has 2 nitrogen and oxygen atoms in total. The van der Waals surface area contributed by atoms with E-state index in [1.54, 1.807) is 0 Å². The second-order valence-electron chi connectivity index (χ2n) is 5.58. The van der Waals surface area contributed by atoms with E-state index in [0.717, 1.165) is 6.54 Å². The van der Waals surface area contributed by atoms with Crippen molar-refractivity contribution in [3.05, 3.63) is 0 Å². The van der Waals surface area contributed by atoms with Crippen LogP contribution in [0.15, 0.2) is 0 Å². The summed E-state index contributed by atoms with van der Waals surface area (Å²) < 4.78 is 0. The van der Waals surface area contributed by atoms with Crippen molar-refractivity contribution >= 4 is 0 Å². The van der Waals surface area contributed by atoms with Crippen molar-refractivity contribution < 1.29 is 4.84 Å². The van der Waals surface area contributed by atoms with Crippen molar-refractivity contribution in [3.63, 3.8) is 0 Å². The van der Waals surface area contributed by atoms with Crippen LogP contribution in [0.3, 0.4) is 0 Å². The van der Waals surface area contributed by atoms with E-state index < -0.39 is 0 Å². The van der Waals surface area contributed by atoms with E-state index >= 15 is 0 Å². The smallest absolute Gasteiger partial charge is 0.0790 e. The zero-order valence-corrected chi connectivity index (χ0v) is 9.94. The topological polar surface area (TPSA) is 21.3 Å². The first-order valence-electron chi connectivity index (χ1n) is 5.96. The van der Waals surface area contributed by atoms with Gasteiger partial charge >= 0.3 is 0 Å². The lowest BCUT2D eigenvalue weighted by molar-refractivity contribution is -0.0446. The minimum atomic E-state index is 0.406. The molecule has 2 heteroatoms. The normalized spacial score (nSPS) is 19.9. The Balaban J connectivity index is 1.97. The van der Waals surface area contributed by atoms with Crippen LogP contribution in [0.25, 0.3) is 0 Å². The van der Waals surface area contributed by atoms with Crippen LogP contribution in [-0.4, -0.2) is 12.6 Å². The second-order valence-corrected chi connectivity index (χ2v) is 5.58. The van der Waals surface area contributed by atoms with E-state index in [2.05, 4.69) is 26.3 Å². The van der Waals surface area contributed by atoms with Gasteiger partial charge in [-0.25, -0.2) is 5.48 Å². The molecule has 0 aromatic carbocycles. The molecule has 1 aliphatic carbocycles. The molecule has 0 radical (unpaired) electrons. The largest absolute Gasteiger partial charge is 0.299 e. The van der Waals surface area contributed by atoms with Crippen LogP contribution in [0.2, 0.25) is 0 Å². The lowest BCUT2D eigenvalue weighted by atomic mass is 9.93. The average Bonchev–Trinajstić information content (AvgIpc) is 2.13. The van der Waals surface area contributed by atoms with Crippen LogP contribution < -0.4 is 5.48 Å². The van der Waals surface area contributed by atoms with Gasteiger partial charge in [-0.1, -0.05) is 40.0 Å². The minimum absolute atomic E-state index is 0.406. The molecule has 0 aromatic rings. The van der Waals surface area contributed by atoms with Gasteiger partial charge in [0.25, 0.3) is 0 Å². The summed E-state index contributed by atoms with van der Waals surface area (Å²) >= 11 is 0. The Hall–Kier alpha value is -0.0800. The Morgan fingerprint density at radius 1 is 1.14 bits per heavy atom. The Labute approximate surface area is 88.4 Å². The van der Waals surface area contributed by atoms with Crippen LogP contribution in [0, 0.1) is 5.41 Å². The molecule has 0 heterocycles. The Morgan fingerprint density at radius 3 is 2.36 bits per heavy atom. The molecular formula is C12H25NO. The average molecular weight is 199 g/mol.